The van der Waals surface area contributed by atoms with Crippen molar-refractivity contribution in [1.82, 2.24) is 0 Å². The van der Waals surface area contributed by atoms with Crippen molar-refractivity contribution in [1.29, 1.82) is 0 Å². The lowest BCUT2D eigenvalue weighted by atomic mass is 10.1. The second kappa shape index (κ2) is 6.44. The number of carboxylic acid groups (broad SMARTS) is 1. The summed E-state index contributed by atoms with van der Waals surface area (Å²) in [5, 5.41) is 21.1. The van der Waals surface area contributed by atoms with Gasteiger partial charge in [-0.05, 0) is 74.9 Å². The number of hydrogen-bond acceptors (Lipinski definition) is 3. The molecule has 0 atom stereocenters. The van der Waals surface area contributed by atoms with Crippen LogP contribution in [0.25, 0.3) is 0 Å². The van der Waals surface area contributed by atoms with Crippen molar-refractivity contribution in [2.24, 2.45) is 0 Å². The van der Waals surface area contributed by atoms with E-state index in [9.17, 15) is 14.7 Å². The third-order valence-corrected chi connectivity index (χ3v) is 4.24. The van der Waals surface area contributed by atoms with Gasteiger partial charge in [0.15, 0.2) is 0 Å². The minimum atomic E-state index is -1.05. The molecule has 0 aliphatic rings. The zero-order valence-electron chi connectivity index (χ0n) is 10.4. The predicted octanol–water partition coefficient (Wildman–Crippen LogP) is 3.71. The fourth-order valence-electron chi connectivity index (χ4n) is 1.60. The fourth-order valence-corrected chi connectivity index (χ4v) is 2.41. The first kappa shape index (κ1) is 15.8. The molecule has 21 heavy (non-hydrogen) atoms. The average molecular weight is 462 g/mol. The summed E-state index contributed by atoms with van der Waals surface area (Å²) in [6, 6.07) is 8.90. The maximum atomic E-state index is 12.1. The molecule has 0 saturated heterocycles. The Morgan fingerprint density at radius 1 is 1.10 bits per heavy atom. The number of phenolic OH excluding ortho intramolecular Hbond substituents is 1. The van der Waals surface area contributed by atoms with Crippen molar-refractivity contribution in [3.8, 4) is 5.75 Å². The lowest BCUT2D eigenvalue weighted by Crippen LogP contribution is -2.12. The molecule has 2 rings (SSSR count). The van der Waals surface area contributed by atoms with E-state index in [1.165, 1.54) is 24.3 Å². The van der Waals surface area contributed by atoms with Gasteiger partial charge >= 0.3 is 5.97 Å². The third-order valence-electron chi connectivity index (χ3n) is 2.67. The number of carbonyl (C=O) groups excluding carboxylic acids is 1. The molecule has 0 heterocycles. The van der Waals surface area contributed by atoms with Gasteiger partial charge < -0.3 is 15.5 Å². The fraction of sp³-hybridized carbons (Fsp3) is 0. The minimum Gasteiger partial charge on any atom is -0.507 e. The normalized spacial score (nSPS) is 10.2. The first-order valence-corrected chi connectivity index (χ1v) is 7.58. The average Bonchev–Trinajstić information content (AvgIpc) is 2.43. The number of hydrogen-bond donors (Lipinski definition) is 3. The van der Waals surface area contributed by atoms with E-state index in [0.717, 1.165) is 0 Å². The van der Waals surface area contributed by atoms with E-state index in [1.54, 1.807) is 12.1 Å². The van der Waals surface area contributed by atoms with Crippen LogP contribution < -0.4 is 5.32 Å². The zero-order valence-corrected chi connectivity index (χ0v) is 14.2. The van der Waals surface area contributed by atoms with Crippen molar-refractivity contribution < 1.29 is 19.8 Å². The molecule has 0 unspecified atom stereocenters. The maximum absolute atomic E-state index is 12.1. The largest absolute Gasteiger partial charge is 0.507 e. The molecule has 0 spiro atoms. The van der Waals surface area contributed by atoms with Crippen LogP contribution in [0, 0.1) is 3.57 Å². The van der Waals surface area contributed by atoms with Gasteiger partial charge in [0.05, 0.1) is 14.8 Å². The first-order chi connectivity index (χ1) is 9.88. The SMILES string of the molecule is O=C(O)c1ccc(NC(=O)c2ccc(I)c(O)c2)c(Br)c1. The Morgan fingerprint density at radius 3 is 2.33 bits per heavy atom. The molecule has 5 nitrogen and oxygen atoms in total. The summed E-state index contributed by atoms with van der Waals surface area (Å²) >= 11 is 5.17. The molecule has 2 aromatic rings. The van der Waals surface area contributed by atoms with Crippen LogP contribution in [0.3, 0.4) is 0 Å². The summed E-state index contributed by atoms with van der Waals surface area (Å²) in [6.45, 7) is 0. The Morgan fingerprint density at radius 2 is 1.76 bits per heavy atom. The summed E-state index contributed by atoms with van der Waals surface area (Å²) < 4.78 is 1.11. The molecule has 0 bridgehead atoms. The van der Waals surface area contributed by atoms with E-state index in [0.29, 0.717) is 19.3 Å². The Labute approximate surface area is 142 Å². The van der Waals surface area contributed by atoms with Gasteiger partial charge in [-0.15, -0.1) is 0 Å². The molecule has 1 amide bonds. The molecule has 3 N–H and O–H groups in total. The number of aromatic hydroxyl groups is 1. The topological polar surface area (TPSA) is 86.6 Å². The highest BCUT2D eigenvalue weighted by Crippen LogP contribution is 2.25. The second-order valence-corrected chi connectivity index (χ2v) is 6.14. The van der Waals surface area contributed by atoms with E-state index < -0.39 is 11.9 Å². The van der Waals surface area contributed by atoms with Gasteiger partial charge in [0.25, 0.3) is 5.91 Å². The van der Waals surface area contributed by atoms with E-state index in [-0.39, 0.29) is 11.3 Å². The maximum Gasteiger partial charge on any atom is 0.335 e. The van der Waals surface area contributed by atoms with E-state index in [1.807, 2.05) is 22.6 Å². The standard InChI is InChI=1S/C14H9BrINO4/c15-9-5-8(14(20)21)2-4-11(9)17-13(19)7-1-3-10(16)12(18)6-7/h1-6,18H,(H,17,19)(H,20,21). The number of amides is 1. The molecule has 0 fully saturated rings. The van der Waals surface area contributed by atoms with Crippen LogP contribution in [-0.2, 0) is 0 Å². The first-order valence-electron chi connectivity index (χ1n) is 5.71. The number of nitrogens with one attached hydrogen (secondary N) is 1. The van der Waals surface area contributed by atoms with Crippen LogP contribution in [0.2, 0.25) is 0 Å². The summed E-state index contributed by atoms with van der Waals surface area (Å²) in [6.07, 6.45) is 0. The summed E-state index contributed by atoms with van der Waals surface area (Å²) in [7, 11) is 0. The molecule has 7 heteroatoms. The Bertz CT molecular complexity index is 733. The number of halogens is 2. The van der Waals surface area contributed by atoms with Crippen LogP contribution in [-0.4, -0.2) is 22.1 Å². The Balaban J connectivity index is 2.23. The van der Waals surface area contributed by atoms with Gasteiger partial charge in [-0.1, -0.05) is 0 Å². The molecule has 108 valence electrons. The molecule has 0 saturated carbocycles. The van der Waals surface area contributed by atoms with Crippen molar-refractivity contribution in [3.05, 3.63) is 55.6 Å². The van der Waals surface area contributed by atoms with Crippen molar-refractivity contribution in [3.63, 3.8) is 0 Å². The number of aromatic carboxylic acids is 1. The number of carbonyl (C=O) groups is 2. The Kier molecular flexibility index (Phi) is 4.84. The number of anilines is 1. The highest BCUT2D eigenvalue weighted by atomic mass is 127. The van der Waals surface area contributed by atoms with Crippen LogP contribution in [0.4, 0.5) is 5.69 Å². The van der Waals surface area contributed by atoms with E-state index in [2.05, 4.69) is 21.2 Å². The van der Waals surface area contributed by atoms with Crippen LogP contribution in [0.5, 0.6) is 5.75 Å². The van der Waals surface area contributed by atoms with E-state index >= 15 is 0 Å². The van der Waals surface area contributed by atoms with Crippen molar-refractivity contribution >= 4 is 56.1 Å². The smallest absolute Gasteiger partial charge is 0.335 e. The molecule has 0 aliphatic heterocycles. The van der Waals surface area contributed by atoms with Gasteiger partial charge in [0.2, 0.25) is 0 Å². The molecule has 0 aliphatic carbocycles. The molecule has 0 radical (unpaired) electrons. The number of rotatable bonds is 3. The molecule has 2 aromatic carbocycles. The van der Waals surface area contributed by atoms with Gasteiger partial charge in [-0.3, -0.25) is 4.79 Å². The Hall–Kier alpha value is -1.61. The molecular weight excluding hydrogens is 453 g/mol. The number of phenols is 1. The van der Waals surface area contributed by atoms with Crippen molar-refractivity contribution in [2.75, 3.05) is 5.32 Å². The van der Waals surface area contributed by atoms with Gasteiger partial charge in [-0.25, -0.2) is 4.79 Å². The predicted molar refractivity (Wildman–Crippen MR) is 89.9 cm³/mol. The van der Waals surface area contributed by atoms with E-state index in [4.69, 9.17) is 5.11 Å². The second-order valence-electron chi connectivity index (χ2n) is 4.12. The molecular formula is C14H9BrINO4. The van der Waals surface area contributed by atoms with Crippen LogP contribution >= 0.6 is 38.5 Å². The minimum absolute atomic E-state index is 0.0311. The van der Waals surface area contributed by atoms with Crippen LogP contribution in [0.1, 0.15) is 20.7 Å². The summed E-state index contributed by atoms with van der Waals surface area (Å²) in [5.41, 5.74) is 0.872. The third kappa shape index (κ3) is 3.73. The lowest BCUT2D eigenvalue weighted by molar-refractivity contribution is 0.0696. The highest BCUT2D eigenvalue weighted by molar-refractivity contribution is 14.1. The van der Waals surface area contributed by atoms with Crippen molar-refractivity contribution in [2.45, 2.75) is 0 Å². The zero-order chi connectivity index (χ0) is 15.6. The number of carboxylic acids is 1. The number of benzene rings is 2. The highest BCUT2D eigenvalue weighted by Gasteiger charge is 2.12. The van der Waals surface area contributed by atoms with Gasteiger partial charge in [-0.2, -0.15) is 0 Å². The van der Waals surface area contributed by atoms with Crippen LogP contribution in [0.15, 0.2) is 40.9 Å². The lowest BCUT2D eigenvalue weighted by Gasteiger charge is -2.09. The van der Waals surface area contributed by atoms with Gasteiger partial charge in [0.1, 0.15) is 5.75 Å². The summed E-state index contributed by atoms with van der Waals surface area (Å²) in [5.74, 6) is -1.41. The monoisotopic (exact) mass is 461 g/mol. The quantitative estimate of drug-likeness (QED) is 0.608. The molecule has 0 aromatic heterocycles. The summed E-state index contributed by atoms with van der Waals surface area (Å²) in [4.78, 5) is 22.9. The van der Waals surface area contributed by atoms with Gasteiger partial charge in [0, 0.05) is 10.0 Å².